The Morgan fingerprint density at radius 1 is 0.920 bits per heavy atom. The van der Waals surface area contributed by atoms with Gasteiger partial charge in [0.05, 0.1) is 11.4 Å². The topological polar surface area (TPSA) is 78.7 Å². The number of rotatable bonds is 4. The van der Waals surface area contributed by atoms with Crippen LogP contribution in [0.5, 0.6) is 0 Å². The van der Waals surface area contributed by atoms with E-state index in [4.69, 9.17) is 5.73 Å². The van der Waals surface area contributed by atoms with Crippen LogP contribution in [0, 0.1) is 5.92 Å². The Bertz CT molecular complexity index is 673. The second-order valence-corrected chi connectivity index (χ2v) is 6.08. The highest BCUT2D eigenvalue weighted by Gasteiger charge is 2.27. The first kappa shape index (κ1) is 16.8. The number of benzene rings is 2. The van der Waals surface area contributed by atoms with Crippen molar-refractivity contribution in [3.05, 3.63) is 60.7 Å². The Hall–Kier alpha value is -3.02. The fraction of sp³-hybridized carbons (Fsp3) is 0.263. The van der Waals surface area contributed by atoms with Crippen LogP contribution >= 0.6 is 0 Å². The minimum Gasteiger partial charge on any atom is -0.351 e. The second kappa shape index (κ2) is 7.70. The lowest BCUT2D eigenvalue weighted by Crippen LogP contribution is -2.48. The van der Waals surface area contributed by atoms with Gasteiger partial charge in [0.1, 0.15) is 0 Å². The minimum absolute atomic E-state index is 0.0446. The molecule has 0 saturated carbocycles. The fourth-order valence-corrected chi connectivity index (χ4v) is 3.00. The van der Waals surface area contributed by atoms with Crippen molar-refractivity contribution < 1.29 is 9.59 Å². The summed E-state index contributed by atoms with van der Waals surface area (Å²) in [6, 6.07) is 19.0. The first-order chi connectivity index (χ1) is 12.1. The maximum Gasteiger partial charge on any atom is 0.314 e. The van der Waals surface area contributed by atoms with Crippen LogP contribution in [0.2, 0.25) is 0 Å². The van der Waals surface area contributed by atoms with Crippen LogP contribution in [0.25, 0.3) is 0 Å². The van der Waals surface area contributed by atoms with E-state index >= 15 is 0 Å². The summed E-state index contributed by atoms with van der Waals surface area (Å²) < 4.78 is 0. The quantitative estimate of drug-likeness (QED) is 0.841. The Morgan fingerprint density at radius 2 is 1.40 bits per heavy atom. The SMILES string of the molecule is NC(=O)N1CCC(C(=O)NN(c2ccccc2)c2ccccc2)CC1. The lowest BCUT2D eigenvalue weighted by atomic mass is 9.96. The molecule has 3 N–H and O–H groups in total. The summed E-state index contributed by atoms with van der Waals surface area (Å²) in [5.41, 5.74) is 10.1. The average Bonchev–Trinajstić information content (AvgIpc) is 2.67. The number of hydrogen-bond acceptors (Lipinski definition) is 3. The van der Waals surface area contributed by atoms with E-state index in [1.54, 1.807) is 9.91 Å². The van der Waals surface area contributed by atoms with Gasteiger partial charge in [0.15, 0.2) is 0 Å². The molecule has 1 saturated heterocycles. The zero-order valence-corrected chi connectivity index (χ0v) is 14.0. The van der Waals surface area contributed by atoms with Crippen molar-refractivity contribution in [1.82, 2.24) is 10.3 Å². The minimum atomic E-state index is -0.422. The summed E-state index contributed by atoms with van der Waals surface area (Å²) in [5.74, 6) is -0.178. The van der Waals surface area contributed by atoms with E-state index in [-0.39, 0.29) is 11.8 Å². The number of likely N-dealkylation sites (tertiary alicyclic amines) is 1. The van der Waals surface area contributed by atoms with Gasteiger partial charge in [-0.25, -0.2) is 4.79 Å². The number of carbonyl (C=O) groups is 2. The van der Waals surface area contributed by atoms with E-state index in [0.29, 0.717) is 25.9 Å². The van der Waals surface area contributed by atoms with E-state index in [1.807, 2.05) is 60.7 Å². The van der Waals surface area contributed by atoms with E-state index < -0.39 is 6.03 Å². The van der Waals surface area contributed by atoms with Gasteiger partial charge in [0, 0.05) is 19.0 Å². The average molecular weight is 338 g/mol. The number of hydrogen-bond donors (Lipinski definition) is 2. The van der Waals surface area contributed by atoms with Gasteiger partial charge in [0.25, 0.3) is 0 Å². The first-order valence-corrected chi connectivity index (χ1v) is 8.40. The standard InChI is InChI=1S/C19H22N4O2/c20-19(25)22-13-11-15(12-14-22)18(24)21-23(16-7-3-1-4-8-16)17-9-5-2-6-10-17/h1-10,15H,11-14H2,(H2,20,25)(H,21,24). The molecule has 0 radical (unpaired) electrons. The van der Waals surface area contributed by atoms with Crippen molar-refractivity contribution in [1.29, 1.82) is 0 Å². The maximum absolute atomic E-state index is 12.7. The van der Waals surface area contributed by atoms with Gasteiger partial charge >= 0.3 is 6.03 Å². The number of carbonyl (C=O) groups excluding carboxylic acids is 2. The van der Waals surface area contributed by atoms with Gasteiger partial charge in [-0.15, -0.1) is 0 Å². The van der Waals surface area contributed by atoms with Crippen LogP contribution < -0.4 is 16.2 Å². The molecule has 0 unspecified atom stereocenters. The van der Waals surface area contributed by atoms with Gasteiger partial charge in [-0.1, -0.05) is 36.4 Å². The number of nitrogens with two attached hydrogens (primary N) is 1. The molecule has 6 nitrogen and oxygen atoms in total. The molecular weight excluding hydrogens is 316 g/mol. The number of piperidine rings is 1. The zero-order valence-electron chi connectivity index (χ0n) is 14.0. The fourth-order valence-electron chi connectivity index (χ4n) is 3.00. The molecule has 1 aliphatic heterocycles. The molecule has 6 heteroatoms. The zero-order chi connectivity index (χ0) is 17.6. The molecule has 0 bridgehead atoms. The number of hydrazine groups is 1. The van der Waals surface area contributed by atoms with Crippen LogP contribution in [0.15, 0.2) is 60.7 Å². The van der Waals surface area contributed by atoms with Crippen LogP contribution in [0.3, 0.4) is 0 Å². The van der Waals surface area contributed by atoms with Gasteiger partial charge in [0.2, 0.25) is 5.91 Å². The maximum atomic E-state index is 12.7. The lowest BCUT2D eigenvalue weighted by Gasteiger charge is -2.32. The van der Waals surface area contributed by atoms with Crippen molar-refractivity contribution >= 4 is 23.3 Å². The largest absolute Gasteiger partial charge is 0.351 e. The Kier molecular flexibility index (Phi) is 5.18. The third-order valence-corrected chi connectivity index (χ3v) is 4.43. The molecule has 25 heavy (non-hydrogen) atoms. The molecular formula is C19H22N4O2. The summed E-state index contributed by atoms with van der Waals surface area (Å²) in [6.07, 6.45) is 1.23. The smallest absolute Gasteiger partial charge is 0.314 e. The molecule has 0 spiro atoms. The number of amides is 3. The molecule has 1 heterocycles. The van der Waals surface area contributed by atoms with Crippen LogP contribution in [0.1, 0.15) is 12.8 Å². The monoisotopic (exact) mass is 338 g/mol. The molecule has 3 amide bonds. The van der Waals surface area contributed by atoms with Gasteiger partial charge in [-0.05, 0) is 37.1 Å². The number of primary amides is 1. The Balaban J connectivity index is 1.73. The lowest BCUT2D eigenvalue weighted by molar-refractivity contribution is -0.126. The first-order valence-electron chi connectivity index (χ1n) is 8.40. The Labute approximate surface area is 147 Å². The number of para-hydroxylation sites is 2. The summed E-state index contributed by atoms with van der Waals surface area (Å²) in [5, 5.41) is 1.79. The van der Waals surface area contributed by atoms with Crippen molar-refractivity contribution in [2.45, 2.75) is 12.8 Å². The number of nitrogens with zero attached hydrogens (tertiary/aromatic N) is 2. The molecule has 0 aromatic heterocycles. The number of nitrogens with one attached hydrogen (secondary N) is 1. The molecule has 2 aromatic rings. The van der Waals surface area contributed by atoms with E-state index in [0.717, 1.165) is 11.4 Å². The van der Waals surface area contributed by atoms with E-state index in [9.17, 15) is 9.59 Å². The third kappa shape index (κ3) is 4.09. The normalized spacial score (nSPS) is 14.8. The predicted octanol–water partition coefficient (Wildman–Crippen LogP) is 2.65. The van der Waals surface area contributed by atoms with E-state index in [2.05, 4.69) is 5.43 Å². The second-order valence-electron chi connectivity index (χ2n) is 6.08. The Morgan fingerprint density at radius 3 is 1.84 bits per heavy atom. The molecule has 1 fully saturated rings. The predicted molar refractivity (Wildman–Crippen MR) is 97.0 cm³/mol. The summed E-state index contributed by atoms with van der Waals surface area (Å²) in [7, 11) is 0. The van der Waals surface area contributed by atoms with Gasteiger partial charge < -0.3 is 10.6 Å². The van der Waals surface area contributed by atoms with Crippen molar-refractivity contribution in [2.75, 3.05) is 18.1 Å². The van der Waals surface area contributed by atoms with Crippen LogP contribution in [-0.4, -0.2) is 29.9 Å². The summed E-state index contributed by atoms with van der Waals surface area (Å²) >= 11 is 0. The molecule has 1 aliphatic rings. The molecule has 3 rings (SSSR count). The highest BCUT2D eigenvalue weighted by Crippen LogP contribution is 2.24. The van der Waals surface area contributed by atoms with Crippen LogP contribution in [-0.2, 0) is 4.79 Å². The van der Waals surface area contributed by atoms with Crippen molar-refractivity contribution in [3.63, 3.8) is 0 Å². The molecule has 130 valence electrons. The molecule has 0 aliphatic carbocycles. The van der Waals surface area contributed by atoms with E-state index in [1.165, 1.54) is 0 Å². The van der Waals surface area contributed by atoms with Crippen molar-refractivity contribution in [2.24, 2.45) is 11.7 Å². The highest BCUT2D eigenvalue weighted by molar-refractivity contribution is 5.83. The molecule has 0 atom stereocenters. The number of anilines is 2. The summed E-state index contributed by atoms with van der Waals surface area (Å²) in [6.45, 7) is 1.04. The molecule has 2 aromatic carbocycles. The van der Waals surface area contributed by atoms with Crippen LogP contribution in [0.4, 0.5) is 16.2 Å². The highest BCUT2D eigenvalue weighted by atomic mass is 16.2. The van der Waals surface area contributed by atoms with Crippen molar-refractivity contribution in [3.8, 4) is 0 Å². The third-order valence-electron chi connectivity index (χ3n) is 4.43. The number of urea groups is 1. The summed E-state index contributed by atoms with van der Waals surface area (Å²) in [4.78, 5) is 25.5. The van der Waals surface area contributed by atoms with Gasteiger partial charge in [-0.3, -0.25) is 15.2 Å². The van der Waals surface area contributed by atoms with Gasteiger partial charge in [-0.2, -0.15) is 0 Å².